The maximum atomic E-state index is 11.9. The SMILES string of the molecule is Nc1c(C(=O)NCC2(CO)CC2)cccc1[N+](=O)[O-]. The molecule has 1 aliphatic carbocycles. The quantitative estimate of drug-likeness (QED) is 0.411. The van der Waals surface area contributed by atoms with E-state index in [1.54, 1.807) is 0 Å². The van der Waals surface area contributed by atoms with Gasteiger partial charge in [-0.2, -0.15) is 0 Å². The van der Waals surface area contributed by atoms with E-state index in [1.807, 2.05) is 0 Å². The van der Waals surface area contributed by atoms with Gasteiger partial charge in [-0.3, -0.25) is 14.9 Å². The van der Waals surface area contributed by atoms with Gasteiger partial charge in [0, 0.05) is 18.0 Å². The van der Waals surface area contributed by atoms with Crippen LogP contribution in [-0.4, -0.2) is 29.1 Å². The lowest BCUT2D eigenvalue weighted by atomic mass is 10.1. The second kappa shape index (κ2) is 4.85. The standard InChI is InChI=1S/C12H15N3O4/c13-10-8(2-1-3-9(10)15(18)19)11(17)14-6-12(7-16)4-5-12/h1-3,16H,4-7,13H2,(H,14,17). The van der Waals surface area contributed by atoms with Crippen molar-refractivity contribution in [2.75, 3.05) is 18.9 Å². The van der Waals surface area contributed by atoms with Crippen LogP contribution in [-0.2, 0) is 0 Å². The maximum Gasteiger partial charge on any atom is 0.292 e. The van der Waals surface area contributed by atoms with Gasteiger partial charge in [-0.05, 0) is 18.9 Å². The first kappa shape index (κ1) is 13.3. The van der Waals surface area contributed by atoms with Crippen LogP contribution in [0.2, 0.25) is 0 Å². The number of nitro benzene ring substituents is 1. The highest BCUT2D eigenvalue weighted by molar-refractivity contribution is 6.01. The Morgan fingerprint density at radius 3 is 2.74 bits per heavy atom. The first-order valence-corrected chi connectivity index (χ1v) is 5.91. The van der Waals surface area contributed by atoms with Crippen LogP contribution in [0.15, 0.2) is 18.2 Å². The number of nitrogens with zero attached hydrogens (tertiary/aromatic N) is 1. The van der Waals surface area contributed by atoms with Crippen molar-refractivity contribution in [1.82, 2.24) is 5.32 Å². The van der Waals surface area contributed by atoms with E-state index in [-0.39, 0.29) is 29.0 Å². The molecule has 1 fully saturated rings. The molecule has 7 heteroatoms. The molecule has 19 heavy (non-hydrogen) atoms. The fourth-order valence-corrected chi connectivity index (χ4v) is 1.84. The van der Waals surface area contributed by atoms with Crippen LogP contribution in [0.25, 0.3) is 0 Å². The summed E-state index contributed by atoms with van der Waals surface area (Å²) in [6.45, 7) is 0.377. The Bertz CT molecular complexity index is 526. The van der Waals surface area contributed by atoms with Crippen LogP contribution < -0.4 is 11.1 Å². The van der Waals surface area contributed by atoms with Crippen molar-refractivity contribution in [2.24, 2.45) is 5.41 Å². The smallest absolute Gasteiger partial charge is 0.292 e. The molecule has 0 saturated heterocycles. The number of anilines is 1. The molecule has 0 aliphatic heterocycles. The van der Waals surface area contributed by atoms with E-state index in [9.17, 15) is 14.9 Å². The van der Waals surface area contributed by atoms with Gasteiger partial charge in [-0.15, -0.1) is 0 Å². The third kappa shape index (κ3) is 2.65. The molecule has 4 N–H and O–H groups in total. The lowest BCUT2D eigenvalue weighted by Gasteiger charge is -2.13. The number of para-hydroxylation sites is 1. The second-order valence-electron chi connectivity index (χ2n) is 4.84. The summed E-state index contributed by atoms with van der Waals surface area (Å²) in [5.41, 5.74) is 5.07. The van der Waals surface area contributed by atoms with Crippen molar-refractivity contribution in [2.45, 2.75) is 12.8 Å². The first-order chi connectivity index (χ1) is 8.99. The van der Waals surface area contributed by atoms with E-state index < -0.39 is 10.8 Å². The Labute approximate surface area is 109 Å². The molecular formula is C12H15N3O4. The maximum absolute atomic E-state index is 11.9. The van der Waals surface area contributed by atoms with Gasteiger partial charge in [0.15, 0.2) is 0 Å². The number of rotatable bonds is 5. The number of carbonyl (C=O) groups excluding carboxylic acids is 1. The molecule has 0 unspecified atom stereocenters. The number of hydrogen-bond donors (Lipinski definition) is 3. The Morgan fingerprint density at radius 2 is 2.21 bits per heavy atom. The molecule has 1 aromatic rings. The number of nitrogen functional groups attached to an aromatic ring is 1. The third-order valence-corrected chi connectivity index (χ3v) is 3.44. The van der Waals surface area contributed by atoms with E-state index in [2.05, 4.69) is 5.32 Å². The van der Waals surface area contributed by atoms with E-state index in [1.165, 1.54) is 18.2 Å². The van der Waals surface area contributed by atoms with Crippen LogP contribution in [0.4, 0.5) is 11.4 Å². The number of aliphatic hydroxyl groups is 1. The van der Waals surface area contributed by atoms with Crippen molar-refractivity contribution >= 4 is 17.3 Å². The fraction of sp³-hybridized carbons (Fsp3) is 0.417. The van der Waals surface area contributed by atoms with Crippen molar-refractivity contribution in [1.29, 1.82) is 0 Å². The van der Waals surface area contributed by atoms with Crippen molar-refractivity contribution in [3.8, 4) is 0 Å². The third-order valence-electron chi connectivity index (χ3n) is 3.44. The molecular weight excluding hydrogens is 250 g/mol. The molecule has 0 spiro atoms. The highest BCUT2D eigenvalue weighted by atomic mass is 16.6. The summed E-state index contributed by atoms with van der Waals surface area (Å²) in [6, 6.07) is 4.11. The van der Waals surface area contributed by atoms with Crippen LogP contribution in [0.5, 0.6) is 0 Å². The Kier molecular flexibility index (Phi) is 3.39. The zero-order valence-corrected chi connectivity index (χ0v) is 10.3. The summed E-state index contributed by atoms with van der Waals surface area (Å²) in [5, 5.41) is 22.5. The molecule has 0 bridgehead atoms. The Balaban J connectivity index is 2.11. The number of nitrogens with one attached hydrogen (secondary N) is 1. The van der Waals surface area contributed by atoms with Crippen molar-refractivity contribution < 1.29 is 14.8 Å². The molecule has 1 saturated carbocycles. The highest BCUT2D eigenvalue weighted by Crippen LogP contribution is 2.44. The summed E-state index contributed by atoms with van der Waals surface area (Å²) in [6.07, 6.45) is 1.74. The van der Waals surface area contributed by atoms with E-state index in [4.69, 9.17) is 10.8 Å². The molecule has 1 amide bonds. The summed E-state index contributed by atoms with van der Waals surface area (Å²) in [7, 11) is 0. The van der Waals surface area contributed by atoms with Crippen molar-refractivity contribution in [3.63, 3.8) is 0 Å². The number of aliphatic hydroxyl groups excluding tert-OH is 1. The van der Waals surface area contributed by atoms with Gasteiger partial charge in [-0.1, -0.05) is 6.07 Å². The molecule has 1 aromatic carbocycles. The van der Waals surface area contributed by atoms with E-state index in [0.29, 0.717) is 6.54 Å². The van der Waals surface area contributed by atoms with E-state index >= 15 is 0 Å². The minimum atomic E-state index is -0.623. The van der Waals surface area contributed by atoms with Gasteiger partial charge in [-0.25, -0.2) is 0 Å². The number of hydrogen-bond acceptors (Lipinski definition) is 5. The molecule has 0 heterocycles. The largest absolute Gasteiger partial charge is 0.396 e. The molecule has 102 valence electrons. The van der Waals surface area contributed by atoms with E-state index in [0.717, 1.165) is 12.8 Å². The fourth-order valence-electron chi connectivity index (χ4n) is 1.84. The molecule has 7 nitrogen and oxygen atoms in total. The normalized spacial score (nSPS) is 15.8. The van der Waals surface area contributed by atoms with Gasteiger partial charge in [0.05, 0.1) is 17.1 Å². The number of nitro groups is 1. The van der Waals surface area contributed by atoms with Gasteiger partial charge in [0.2, 0.25) is 0 Å². The molecule has 2 rings (SSSR count). The molecule has 1 aliphatic rings. The highest BCUT2D eigenvalue weighted by Gasteiger charge is 2.42. The Morgan fingerprint density at radius 1 is 1.53 bits per heavy atom. The van der Waals surface area contributed by atoms with Gasteiger partial charge >= 0.3 is 0 Å². The predicted molar refractivity (Wildman–Crippen MR) is 68.6 cm³/mol. The minimum Gasteiger partial charge on any atom is -0.396 e. The van der Waals surface area contributed by atoms with Gasteiger partial charge in [0.1, 0.15) is 5.69 Å². The zero-order valence-electron chi connectivity index (χ0n) is 10.3. The van der Waals surface area contributed by atoms with Crippen molar-refractivity contribution in [3.05, 3.63) is 33.9 Å². The van der Waals surface area contributed by atoms with Crippen LogP contribution >= 0.6 is 0 Å². The minimum absolute atomic E-state index is 0.0255. The molecule has 0 radical (unpaired) electrons. The number of nitrogens with two attached hydrogens (primary N) is 1. The average molecular weight is 265 g/mol. The molecule has 0 atom stereocenters. The topological polar surface area (TPSA) is 118 Å². The summed E-state index contributed by atoms with van der Waals surface area (Å²) >= 11 is 0. The Hall–Kier alpha value is -2.15. The van der Waals surface area contributed by atoms with Gasteiger partial charge in [0.25, 0.3) is 11.6 Å². The number of amides is 1. The summed E-state index contributed by atoms with van der Waals surface area (Å²) in [4.78, 5) is 22.0. The lowest BCUT2D eigenvalue weighted by Crippen LogP contribution is -2.32. The monoisotopic (exact) mass is 265 g/mol. The van der Waals surface area contributed by atoms with Crippen LogP contribution in [0, 0.1) is 15.5 Å². The predicted octanol–water partition coefficient (Wildman–Crippen LogP) is 0.679. The second-order valence-corrected chi connectivity index (χ2v) is 4.84. The van der Waals surface area contributed by atoms with Gasteiger partial charge < -0.3 is 16.2 Å². The summed E-state index contributed by atoms with van der Waals surface area (Å²) < 4.78 is 0. The number of carbonyl (C=O) groups is 1. The number of benzene rings is 1. The summed E-state index contributed by atoms with van der Waals surface area (Å²) in [5.74, 6) is -0.457. The first-order valence-electron chi connectivity index (χ1n) is 5.91. The average Bonchev–Trinajstić information content (AvgIpc) is 3.16. The van der Waals surface area contributed by atoms with Crippen LogP contribution in [0.3, 0.4) is 0 Å². The molecule has 0 aromatic heterocycles. The van der Waals surface area contributed by atoms with Crippen LogP contribution in [0.1, 0.15) is 23.2 Å². The lowest BCUT2D eigenvalue weighted by molar-refractivity contribution is -0.383. The zero-order chi connectivity index (χ0) is 14.0.